The summed E-state index contributed by atoms with van der Waals surface area (Å²) < 4.78 is 11.1. The van der Waals surface area contributed by atoms with Crippen molar-refractivity contribution in [3.8, 4) is 22.1 Å². The van der Waals surface area contributed by atoms with Gasteiger partial charge in [0.15, 0.2) is 11.5 Å². The van der Waals surface area contributed by atoms with Crippen LogP contribution in [0.4, 0.5) is 0 Å². The van der Waals surface area contributed by atoms with E-state index in [9.17, 15) is 4.79 Å². The molecular weight excluding hydrogens is 396 g/mol. The number of hydrogen-bond donors (Lipinski definition) is 1. The number of carbonyl (C=O) groups is 1. The SMILES string of the molecule is O=C(Cc1csc(-c2ccccc2)n1)NCCc1cc(Cl)c2c(c1)OCCO2. The van der Waals surface area contributed by atoms with Crippen molar-refractivity contribution in [2.45, 2.75) is 12.8 Å². The first-order chi connectivity index (χ1) is 13.7. The van der Waals surface area contributed by atoms with Crippen LogP contribution in [0.2, 0.25) is 5.02 Å². The fraction of sp³-hybridized carbons (Fsp3) is 0.238. The summed E-state index contributed by atoms with van der Waals surface area (Å²) in [5.41, 5.74) is 2.84. The van der Waals surface area contributed by atoms with Crippen molar-refractivity contribution >= 4 is 28.8 Å². The van der Waals surface area contributed by atoms with Crippen LogP contribution in [0, 0.1) is 0 Å². The number of halogens is 1. The second-order valence-electron chi connectivity index (χ2n) is 6.39. The second-order valence-corrected chi connectivity index (χ2v) is 7.65. The van der Waals surface area contributed by atoms with E-state index in [-0.39, 0.29) is 12.3 Å². The fourth-order valence-electron chi connectivity index (χ4n) is 2.98. The first-order valence-electron chi connectivity index (χ1n) is 9.03. The molecule has 2 aromatic carbocycles. The maximum absolute atomic E-state index is 12.2. The summed E-state index contributed by atoms with van der Waals surface area (Å²) in [5, 5.41) is 6.33. The van der Waals surface area contributed by atoms with Crippen LogP contribution >= 0.6 is 22.9 Å². The zero-order chi connectivity index (χ0) is 19.3. The maximum atomic E-state index is 12.2. The fourth-order valence-corrected chi connectivity index (χ4v) is 4.10. The van der Waals surface area contributed by atoms with Crippen molar-refractivity contribution in [1.82, 2.24) is 10.3 Å². The van der Waals surface area contributed by atoms with E-state index in [1.807, 2.05) is 47.8 Å². The number of nitrogens with one attached hydrogen (secondary N) is 1. The molecular formula is C21H19ClN2O3S. The molecule has 0 atom stereocenters. The molecule has 0 radical (unpaired) electrons. The van der Waals surface area contributed by atoms with Crippen LogP contribution in [0.3, 0.4) is 0 Å². The molecule has 1 N–H and O–H groups in total. The summed E-state index contributed by atoms with van der Waals surface area (Å²) in [6, 6.07) is 13.7. The molecule has 1 aliphatic heterocycles. The minimum absolute atomic E-state index is 0.0476. The molecule has 0 bridgehead atoms. The smallest absolute Gasteiger partial charge is 0.226 e. The van der Waals surface area contributed by atoms with Gasteiger partial charge in [0.05, 0.1) is 17.1 Å². The average Bonchev–Trinajstić information content (AvgIpc) is 3.17. The third-order valence-corrected chi connectivity index (χ3v) is 5.53. The van der Waals surface area contributed by atoms with E-state index in [0.29, 0.717) is 42.7 Å². The van der Waals surface area contributed by atoms with Gasteiger partial charge in [-0.15, -0.1) is 11.3 Å². The number of ether oxygens (including phenoxy) is 2. The summed E-state index contributed by atoms with van der Waals surface area (Å²) in [6.07, 6.45) is 0.930. The molecule has 4 rings (SSSR count). The molecule has 144 valence electrons. The Labute approximate surface area is 172 Å². The Hall–Kier alpha value is -2.57. The first kappa shape index (κ1) is 18.8. The predicted molar refractivity (Wildman–Crippen MR) is 110 cm³/mol. The van der Waals surface area contributed by atoms with Gasteiger partial charge in [-0.2, -0.15) is 0 Å². The van der Waals surface area contributed by atoms with Gasteiger partial charge in [-0.1, -0.05) is 41.9 Å². The number of aromatic nitrogens is 1. The van der Waals surface area contributed by atoms with Crippen LogP contribution in [-0.4, -0.2) is 30.6 Å². The van der Waals surface area contributed by atoms with Crippen LogP contribution in [0.25, 0.3) is 10.6 Å². The molecule has 3 aromatic rings. The van der Waals surface area contributed by atoms with Crippen molar-refractivity contribution in [1.29, 1.82) is 0 Å². The average molecular weight is 415 g/mol. The minimum atomic E-state index is -0.0476. The van der Waals surface area contributed by atoms with E-state index in [1.165, 1.54) is 0 Å². The van der Waals surface area contributed by atoms with E-state index < -0.39 is 0 Å². The number of rotatable bonds is 6. The topological polar surface area (TPSA) is 60.5 Å². The van der Waals surface area contributed by atoms with Gasteiger partial charge in [-0.25, -0.2) is 4.98 Å². The molecule has 7 heteroatoms. The number of thiazole rings is 1. The van der Waals surface area contributed by atoms with E-state index in [1.54, 1.807) is 11.3 Å². The third kappa shape index (κ3) is 4.46. The first-order valence-corrected chi connectivity index (χ1v) is 10.3. The summed E-state index contributed by atoms with van der Waals surface area (Å²) in [4.78, 5) is 16.8. The lowest BCUT2D eigenvalue weighted by atomic mass is 10.1. The highest BCUT2D eigenvalue weighted by molar-refractivity contribution is 7.13. The van der Waals surface area contributed by atoms with Gasteiger partial charge in [-0.05, 0) is 24.1 Å². The van der Waals surface area contributed by atoms with E-state index in [2.05, 4.69) is 10.3 Å². The van der Waals surface area contributed by atoms with Crippen LogP contribution in [-0.2, 0) is 17.6 Å². The summed E-state index contributed by atoms with van der Waals surface area (Å²) in [7, 11) is 0. The number of nitrogens with zero attached hydrogens (tertiary/aromatic N) is 1. The largest absolute Gasteiger partial charge is 0.486 e. The molecule has 1 aliphatic rings. The molecule has 28 heavy (non-hydrogen) atoms. The van der Waals surface area contributed by atoms with E-state index in [4.69, 9.17) is 21.1 Å². The highest BCUT2D eigenvalue weighted by Crippen LogP contribution is 2.38. The van der Waals surface area contributed by atoms with Gasteiger partial charge >= 0.3 is 0 Å². The van der Waals surface area contributed by atoms with Gasteiger partial charge in [0, 0.05) is 17.5 Å². The molecule has 0 spiro atoms. The van der Waals surface area contributed by atoms with Crippen LogP contribution < -0.4 is 14.8 Å². The van der Waals surface area contributed by atoms with Gasteiger partial charge < -0.3 is 14.8 Å². The Bertz CT molecular complexity index is 975. The van der Waals surface area contributed by atoms with Crippen molar-refractivity contribution in [3.63, 3.8) is 0 Å². The zero-order valence-corrected chi connectivity index (χ0v) is 16.7. The zero-order valence-electron chi connectivity index (χ0n) is 15.1. The van der Waals surface area contributed by atoms with Crippen LogP contribution in [0.15, 0.2) is 47.8 Å². The molecule has 1 aromatic heterocycles. The van der Waals surface area contributed by atoms with Crippen molar-refractivity contribution in [3.05, 3.63) is 64.1 Å². The number of hydrogen-bond acceptors (Lipinski definition) is 5. The number of fused-ring (bicyclic) bond motifs is 1. The Morgan fingerprint density at radius 2 is 2.00 bits per heavy atom. The normalized spacial score (nSPS) is 12.6. The van der Waals surface area contributed by atoms with Gasteiger partial charge in [0.1, 0.15) is 18.2 Å². The lowest BCUT2D eigenvalue weighted by Crippen LogP contribution is -2.27. The summed E-state index contributed by atoms with van der Waals surface area (Å²) >= 11 is 7.80. The standard InChI is InChI=1S/C21H19ClN2O3S/c22-17-10-14(11-18-20(17)27-9-8-26-18)6-7-23-19(25)12-16-13-28-21(24-16)15-4-2-1-3-5-15/h1-5,10-11,13H,6-9,12H2,(H,23,25). The Balaban J connectivity index is 1.30. The quantitative estimate of drug-likeness (QED) is 0.658. The molecule has 5 nitrogen and oxygen atoms in total. The molecule has 0 saturated heterocycles. The number of carbonyl (C=O) groups excluding carboxylic acids is 1. The molecule has 0 fully saturated rings. The number of benzene rings is 2. The minimum Gasteiger partial charge on any atom is -0.486 e. The summed E-state index contributed by atoms with van der Waals surface area (Å²) in [5.74, 6) is 1.21. The van der Waals surface area contributed by atoms with Gasteiger partial charge in [0.2, 0.25) is 5.91 Å². The molecule has 0 saturated carbocycles. The Morgan fingerprint density at radius 3 is 2.86 bits per heavy atom. The lowest BCUT2D eigenvalue weighted by Gasteiger charge is -2.20. The highest BCUT2D eigenvalue weighted by atomic mass is 35.5. The molecule has 1 amide bonds. The molecule has 0 unspecified atom stereocenters. The molecule has 2 heterocycles. The summed E-state index contributed by atoms with van der Waals surface area (Å²) in [6.45, 7) is 1.54. The predicted octanol–water partition coefficient (Wildman–Crippen LogP) is 4.14. The van der Waals surface area contributed by atoms with Crippen LogP contribution in [0.1, 0.15) is 11.3 Å². The van der Waals surface area contributed by atoms with Crippen molar-refractivity contribution in [2.75, 3.05) is 19.8 Å². The number of amides is 1. The van der Waals surface area contributed by atoms with E-state index >= 15 is 0 Å². The highest BCUT2D eigenvalue weighted by Gasteiger charge is 2.16. The Kier molecular flexibility index (Phi) is 5.78. The monoisotopic (exact) mass is 414 g/mol. The molecule has 0 aliphatic carbocycles. The Morgan fingerprint density at radius 1 is 1.18 bits per heavy atom. The van der Waals surface area contributed by atoms with Gasteiger partial charge in [-0.3, -0.25) is 4.79 Å². The maximum Gasteiger partial charge on any atom is 0.226 e. The van der Waals surface area contributed by atoms with Gasteiger partial charge in [0.25, 0.3) is 0 Å². The van der Waals surface area contributed by atoms with Crippen molar-refractivity contribution in [2.24, 2.45) is 0 Å². The van der Waals surface area contributed by atoms with Crippen LogP contribution in [0.5, 0.6) is 11.5 Å². The lowest BCUT2D eigenvalue weighted by molar-refractivity contribution is -0.120. The van der Waals surface area contributed by atoms with Crippen molar-refractivity contribution < 1.29 is 14.3 Å². The second kappa shape index (κ2) is 8.63. The third-order valence-electron chi connectivity index (χ3n) is 4.31. The van der Waals surface area contributed by atoms with E-state index in [0.717, 1.165) is 21.8 Å².